The third-order valence-corrected chi connectivity index (χ3v) is 4.28. The van der Waals surface area contributed by atoms with Crippen LogP contribution in [0.5, 0.6) is 5.75 Å². The molecule has 0 saturated heterocycles. The number of rotatable bonds is 6. The van der Waals surface area contributed by atoms with Gasteiger partial charge in [0, 0.05) is 24.3 Å². The van der Waals surface area contributed by atoms with Gasteiger partial charge in [-0.1, -0.05) is 0 Å². The fraction of sp³-hybridized carbons (Fsp3) is 0.375. The molecule has 1 aromatic carbocycles. The zero-order chi connectivity index (χ0) is 13.9. The minimum absolute atomic E-state index is 0.640. The van der Waals surface area contributed by atoms with Crippen LogP contribution >= 0.6 is 11.3 Å². The van der Waals surface area contributed by atoms with Crippen molar-refractivity contribution in [2.75, 3.05) is 17.2 Å². The van der Waals surface area contributed by atoms with E-state index in [0.717, 1.165) is 12.3 Å². The van der Waals surface area contributed by atoms with Crippen LogP contribution in [0.4, 0.5) is 11.4 Å². The first-order valence-electron chi connectivity index (χ1n) is 7.08. The van der Waals surface area contributed by atoms with Crippen molar-refractivity contribution in [2.45, 2.75) is 32.4 Å². The molecule has 0 atom stereocenters. The molecule has 1 heterocycles. The summed E-state index contributed by atoms with van der Waals surface area (Å²) in [5.74, 6) is 0.793. The highest BCUT2D eigenvalue weighted by molar-refractivity contribution is 7.07. The van der Waals surface area contributed by atoms with Crippen molar-refractivity contribution in [1.29, 1.82) is 0 Å². The molecule has 1 aromatic heterocycles. The summed E-state index contributed by atoms with van der Waals surface area (Å²) < 4.78 is 5.61. The van der Waals surface area contributed by atoms with Crippen LogP contribution in [0, 0.1) is 0 Å². The number of benzene rings is 1. The molecule has 20 heavy (non-hydrogen) atoms. The Balaban J connectivity index is 1.85. The lowest BCUT2D eigenvalue weighted by molar-refractivity contribution is 0.342. The molecule has 2 N–H and O–H groups in total. The summed E-state index contributed by atoms with van der Waals surface area (Å²) in [5, 5.41) is 4.35. The Bertz CT molecular complexity index is 564. The van der Waals surface area contributed by atoms with Gasteiger partial charge in [0.1, 0.15) is 5.75 Å². The number of thiophene rings is 1. The van der Waals surface area contributed by atoms with Crippen molar-refractivity contribution in [3.63, 3.8) is 0 Å². The maximum atomic E-state index is 5.96. The van der Waals surface area contributed by atoms with E-state index in [1.165, 1.54) is 24.1 Å². The first-order valence-corrected chi connectivity index (χ1v) is 8.02. The maximum Gasteiger partial charge on any atom is 0.144 e. The second-order valence-electron chi connectivity index (χ2n) is 5.15. The minimum atomic E-state index is 0.640. The molecule has 0 radical (unpaired) electrons. The Kier molecular flexibility index (Phi) is 3.83. The standard InChI is InChI=1S/C16H20N2OS/c1-2-19-16-9-14(5-6-15(16)17)18(13-3-4-13)10-12-7-8-20-11-12/h5-9,11,13H,2-4,10,17H2,1H3. The normalized spacial score (nSPS) is 14.2. The first-order chi connectivity index (χ1) is 9.78. The Morgan fingerprint density at radius 3 is 2.85 bits per heavy atom. The molecule has 1 saturated carbocycles. The summed E-state index contributed by atoms with van der Waals surface area (Å²) in [5.41, 5.74) is 9.25. The van der Waals surface area contributed by atoms with E-state index in [4.69, 9.17) is 10.5 Å². The van der Waals surface area contributed by atoms with Gasteiger partial charge in [0.2, 0.25) is 0 Å². The van der Waals surface area contributed by atoms with Crippen LogP contribution in [0.25, 0.3) is 0 Å². The molecule has 0 unspecified atom stereocenters. The van der Waals surface area contributed by atoms with E-state index in [1.54, 1.807) is 11.3 Å². The third kappa shape index (κ3) is 2.90. The molecule has 0 aliphatic heterocycles. The highest BCUT2D eigenvalue weighted by Crippen LogP contribution is 2.36. The molecule has 1 fully saturated rings. The molecule has 4 heteroatoms. The zero-order valence-corrected chi connectivity index (χ0v) is 12.5. The Morgan fingerprint density at radius 1 is 1.35 bits per heavy atom. The maximum absolute atomic E-state index is 5.96. The average Bonchev–Trinajstić information content (AvgIpc) is 3.16. The number of nitrogens with two attached hydrogens (primary N) is 1. The van der Waals surface area contributed by atoms with Crippen LogP contribution in [-0.4, -0.2) is 12.6 Å². The van der Waals surface area contributed by atoms with E-state index in [-0.39, 0.29) is 0 Å². The van der Waals surface area contributed by atoms with Crippen molar-refractivity contribution in [3.8, 4) is 5.75 Å². The zero-order valence-electron chi connectivity index (χ0n) is 11.7. The van der Waals surface area contributed by atoms with E-state index in [2.05, 4.69) is 33.9 Å². The summed E-state index contributed by atoms with van der Waals surface area (Å²) in [7, 11) is 0. The molecule has 0 bridgehead atoms. The van der Waals surface area contributed by atoms with E-state index < -0.39 is 0 Å². The van der Waals surface area contributed by atoms with Crippen molar-refractivity contribution in [1.82, 2.24) is 0 Å². The number of nitrogens with zero attached hydrogens (tertiary/aromatic N) is 1. The van der Waals surface area contributed by atoms with Crippen molar-refractivity contribution < 1.29 is 4.74 Å². The second kappa shape index (κ2) is 5.75. The van der Waals surface area contributed by atoms with Gasteiger partial charge in [0.05, 0.1) is 12.3 Å². The highest BCUT2D eigenvalue weighted by Gasteiger charge is 2.29. The van der Waals surface area contributed by atoms with Crippen LogP contribution in [0.2, 0.25) is 0 Å². The van der Waals surface area contributed by atoms with Gasteiger partial charge in [-0.05, 0) is 54.3 Å². The largest absolute Gasteiger partial charge is 0.492 e. The molecule has 2 aromatic rings. The number of ether oxygens (including phenoxy) is 1. The van der Waals surface area contributed by atoms with Crippen molar-refractivity contribution in [3.05, 3.63) is 40.6 Å². The predicted octanol–water partition coefficient (Wildman–Crippen LogP) is 3.90. The third-order valence-electron chi connectivity index (χ3n) is 3.55. The van der Waals surface area contributed by atoms with E-state index in [1.807, 2.05) is 13.0 Å². The van der Waals surface area contributed by atoms with E-state index in [0.29, 0.717) is 18.3 Å². The van der Waals surface area contributed by atoms with Gasteiger partial charge >= 0.3 is 0 Å². The van der Waals surface area contributed by atoms with Gasteiger partial charge in [-0.3, -0.25) is 0 Å². The number of nitrogen functional groups attached to an aromatic ring is 1. The van der Waals surface area contributed by atoms with Gasteiger partial charge in [-0.25, -0.2) is 0 Å². The summed E-state index contributed by atoms with van der Waals surface area (Å²) in [4.78, 5) is 2.46. The minimum Gasteiger partial charge on any atom is -0.492 e. The van der Waals surface area contributed by atoms with Crippen molar-refractivity contribution >= 4 is 22.7 Å². The summed E-state index contributed by atoms with van der Waals surface area (Å²) in [6, 6.07) is 8.98. The molecule has 1 aliphatic rings. The molecular weight excluding hydrogens is 268 g/mol. The molecule has 3 nitrogen and oxygen atoms in total. The molecule has 106 valence electrons. The van der Waals surface area contributed by atoms with Gasteiger partial charge < -0.3 is 15.4 Å². The lowest BCUT2D eigenvalue weighted by Gasteiger charge is -2.25. The van der Waals surface area contributed by atoms with Crippen molar-refractivity contribution in [2.24, 2.45) is 0 Å². The monoisotopic (exact) mass is 288 g/mol. The fourth-order valence-electron chi connectivity index (χ4n) is 2.38. The fourth-order valence-corrected chi connectivity index (χ4v) is 3.04. The second-order valence-corrected chi connectivity index (χ2v) is 5.93. The molecule has 0 amide bonds. The molecule has 1 aliphatic carbocycles. The highest BCUT2D eigenvalue weighted by atomic mass is 32.1. The summed E-state index contributed by atoms with van der Waals surface area (Å²) >= 11 is 1.75. The molecular formula is C16H20N2OS. The van der Waals surface area contributed by atoms with E-state index in [9.17, 15) is 0 Å². The number of anilines is 2. The van der Waals surface area contributed by atoms with Crippen LogP contribution in [0.1, 0.15) is 25.3 Å². The smallest absolute Gasteiger partial charge is 0.144 e. The Hall–Kier alpha value is -1.68. The quantitative estimate of drug-likeness (QED) is 0.819. The molecule has 0 spiro atoms. The number of hydrogen-bond donors (Lipinski definition) is 1. The van der Waals surface area contributed by atoms with Gasteiger partial charge in [0.25, 0.3) is 0 Å². The lowest BCUT2D eigenvalue weighted by atomic mass is 10.2. The topological polar surface area (TPSA) is 38.5 Å². The van der Waals surface area contributed by atoms with Crippen LogP contribution in [0.3, 0.4) is 0 Å². The Labute approximate surface area is 124 Å². The summed E-state index contributed by atoms with van der Waals surface area (Å²) in [6.07, 6.45) is 2.55. The lowest BCUT2D eigenvalue weighted by Crippen LogP contribution is -2.24. The first kappa shape index (κ1) is 13.3. The SMILES string of the molecule is CCOc1cc(N(Cc2ccsc2)C2CC2)ccc1N. The van der Waals surface area contributed by atoms with Crippen LogP contribution < -0.4 is 15.4 Å². The van der Waals surface area contributed by atoms with Gasteiger partial charge in [-0.15, -0.1) is 0 Å². The van der Waals surface area contributed by atoms with E-state index >= 15 is 0 Å². The Morgan fingerprint density at radius 2 is 2.20 bits per heavy atom. The van der Waals surface area contributed by atoms with Gasteiger partial charge in [-0.2, -0.15) is 11.3 Å². The van der Waals surface area contributed by atoms with Gasteiger partial charge in [0.15, 0.2) is 0 Å². The average molecular weight is 288 g/mol. The predicted molar refractivity (Wildman–Crippen MR) is 85.5 cm³/mol. The number of hydrogen-bond acceptors (Lipinski definition) is 4. The molecule has 3 rings (SSSR count). The van der Waals surface area contributed by atoms with Crippen LogP contribution in [0.15, 0.2) is 35.0 Å². The summed E-state index contributed by atoms with van der Waals surface area (Å²) in [6.45, 7) is 3.58. The van der Waals surface area contributed by atoms with Crippen LogP contribution in [-0.2, 0) is 6.54 Å².